The third kappa shape index (κ3) is 3.20. The molecule has 1 saturated heterocycles. The van der Waals surface area contributed by atoms with E-state index in [0.717, 1.165) is 6.04 Å². The van der Waals surface area contributed by atoms with E-state index in [0.29, 0.717) is 5.92 Å². The van der Waals surface area contributed by atoms with Crippen LogP contribution in [-0.2, 0) is 9.22 Å². The molecule has 0 bridgehead atoms. The van der Waals surface area contributed by atoms with Gasteiger partial charge < -0.3 is 4.43 Å². The van der Waals surface area contributed by atoms with E-state index < -0.39 is 13.7 Å². The molecule has 0 unspecified atom stereocenters. The molecule has 1 rings (SSSR count). The van der Waals surface area contributed by atoms with Gasteiger partial charge in [0.15, 0.2) is 0 Å². The molecule has 1 aliphatic rings. The summed E-state index contributed by atoms with van der Waals surface area (Å²) in [4.78, 5) is 12.9. The average molecular weight is 325 g/mol. The van der Waals surface area contributed by atoms with E-state index in [-0.39, 0.29) is 22.0 Å². The van der Waals surface area contributed by atoms with E-state index in [2.05, 4.69) is 81.4 Å². The molecule has 1 aliphatic heterocycles. The zero-order valence-electron chi connectivity index (χ0n) is 16.3. The lowest BCUT2D eigenvalue weighted by atomic mass is 9.79. The smallest absolute Gasteiger partial charge is 0.298 e. The number of hydrogen-bond donors (Lipinski definition) is 0. The van der Waals surface area contributed by atoms with Gasteiger partial charge in [0.2, 0.25) is 0 Å². The maximum Gasteiger partial charge on any atom is 0.298 e. The number of rotatable bonds is 3. The molecule has 0 aromatic rings. The van der Waals surface area contributed by atoms with Crippen molar-refractivity contribution in [1.29, 1.82) is 0 Å². The molecule has 22 heavy (non-hydrogen) atoms. The van der Waals surface area contributed by atoms with Gasteiger partial charge in [0.25, 0.3) is 14.3 Å². The molecule has 0 N–H and O–H groups in total. The molecule has 2 nitrogen and oxygen atoms in total. The second-order valence-electron chi connectivity index (χ2n) is 9.73. The molecule has 0 spiro atoms. The third-order valence-corrected chi connectivity index (χ3v) is 12.2. The highest BCUT2D eigenvalue weighted by molar-refractivity contribution is 6.82. The van der Waals surface area contributed by atoms with Gasteiger partial charge in [0.05, 0.1) is 5.41 Å². The van der Waals surface area contributed by atoms with Crippen molar-refractivity contribution in [2.24, 2.45) is 17.3 Å². The van der Waals surface area contributed by atoms with Gasteiger partial charge in [-0.05, 0) is 34.9 Å². The van der Waals surface area contributed by atoms with E-state index in [1.54, 1.807) is 0 Å². The highest BCUT2D eigenvalue weighted by atomic mass is 28.4. The molecule has 3 heteroatoms. The van der Waals surface area contributed by atoms with Crippen molar-refractivity contribution >= 4 is 14.3 Å². The number of carbonyl (C=O) groups excluding carboxylic acids is 1. The van der Waals surface area contributed by atoms with Gasteiger partial charge in [-0.3, -0.25) is 4.79 Å². The fraction of sp³-hybridized carbons (Fsp3) is 0.842. The highest BCUT2D eigenvalue weighted by Crippen LogP contribution is 2.62. The van der Waals surface area contributed by atoms with Crippen LogP contribution >= 0.6 is 0 Å². The quantitative estimate of drug-likeness (QED) is 0.474. The van der Waals surface area contributed by atoms with E-state index in [1.807, 2.05) is 0 Å². The van der Waals surface area contributed by atoms with Gasteiger partial charge in [-0.25, -0.2) is 0 Å². The lowest BCUT2D eigenvalue weighted by molar-refractivity contribution is -0.143. The normalized spacial score (nSPS) is 27.5. The van der Waals surface area contributed by atoms with Gasteiger partial charge in [0, 0.05) is 0 Å². The fourth-order valence-corrected chi connectivity index (χ4v) is 9.86. The number of allylic oxidation sites excluding steroid dienone is 2. The maximum atomic E-state index is 12.9. The van der Waals surface area contributed by atoms with Gasteiger partial charge >= 0.3 is 0 Å². The zero-order chi connectivity index (χ0) is 17.6. The largest absolute Gasteiger partial charge is 0.518 e. The van der Waals surface area contributed by atoms with Crippen molar-refractivity contribution in [3.63, 3.8) is 0 Å². The Morgan fingerprint density at radius 2 is 1.50 bits per heavy atom. The lowest BCUT2D eigenvalue weighted by Crippen LogP contribution is -2.52. The summed E-state index contributed by atoms with van der Waals surface area (Å²) >= 11 is 0. The van der Waals surface area contributed by atoms with E-state index in [4.69, 9.17) is 4.43 Å². The number of carbonyl (C=O) groups is 1. The Balaban J connectivity index is 3.26. The Kier molecular flexibility index (Phi) is 5.14. The highest BCUT2D eigenvalue weighted by Gasteiger charge is 2.67. The molecule has 0 aliphatic carbocycles. The SMILES string of the molecule is CC(C)/C=C/[C@@H](C)[C@]1(C)C[Si](C(C)(C)C)(C(C)(C)C)OC1=O. The molecule has 128 valence electrons. The molecular weight excluding hydrogens is 288 g/mol. The second kappa shape index (κ2) is 5.81. The Hall–Kier alpha value is -0.573. The minimum Gasteiger partial charge on any atom is -0.518 e. The van der Waals surface area contributed by atoms with Crippen molar-refractivity contribution in [2.75, 3.05) is 0 Å². The predicted octanol–water partition coefficient (Wildman–Crippen LogP) is 5.94. The number of hydrogen-bond acceptors (Lipinski definition) is 2. The second-order valence-corrected chi connectivity index (χ2v) is 14.9. The van der Waals surface area contributed by atoms with E-state index >= 15 is 0 Å². The molecule has 0 aromatic heterocycles. The fourth-order valence-electron chi connectivity index (χ4n) is 3.81. The summed E-state index contributed by atoms with van der Waals surface area (Å²) in [5, 5.41) is 0.0836. The van der Waals surface area contributed by atoms with Crippen LogP contribution in [0.15, 0.2) is 12.2 Å². The van der Waals surface area contributed by atoms with Crippen molar-refractivity contribution in [1.82, 2.24) is 0 Å². The van der Waals surface area contributed by atoms with E-state index in [1.165, 1.54) is 0 Å². The van der Waals surface area contributed by atoms with Crippen LogP contribution in [0.25, 0.3) is 0 Å². The minimum absolute atomic E-state index is 0.0184. The van der Waals surface area contributed by atoms with Crippen LogP contribution in [0.5, 0.6) is 0 Å². The minimum atomic E-state index is -2.24. The van der Waals surface area contributed by atoms with Crippen LogP contribution in [0.1, 0.15) is 69.2 Å². The maximum absolute atomic E-state index is 12.9. The lowest BCUT2D eigenvalue weighted by Gasteiger charge is -2.47. The van der Waals surface area contributed by atoms with Crippen LogP contribution in [0.4, 0.5) is 0 Å². The first-order chi connectivity index (χ1) is 9.67. The van der Waals surface area contributed by atoms with Crippen molar-refractivity contribution < 1.29 is 9.22 Å². The Morgan fingerprint density at radius 1 is 1.05 bits per heavy atom. The van der Waals surface area contributed by atoms with Crippen molar-refractivity contribution in [3.05, 3.63) is 12.2 Å². The molecule has 1 fully saturated rings. The predicted molar refractivity (Wildman–Crippen MR) is 97.3 cm³/mol. The molecule has 1 heterocycles. The Bertz CT molecular complexity index is 437. The van der Waals surface area contributed by atoms with Gasteiger partial charge in [-0.15, -0.1) is 0 Å². The van der Waals surface area contributed by atoms with Gasteiger partial charge in [0.1, 0.15) is 0 Å². The van der Waals surface area contributed by atoms with Crippen LogP contribution in [0.3, 0.4) is 0 Å². The summed E-state index contributed by atoms with van der Waals surface area (Å²) in [5.41, 5.74) is -0.391. The molecule has 0 saturated carbocycles. The monoisotopic (exact) mass is 324 g/mol. The summed E-state index contributed by atoms with van der Waals surface area (Å²) in [7, 11) is -2.24. The average Bonchev–Trinajstić information content (AvgIpc) is 2.60. The standard InChI is InChI=1S/C19H36O2Si/c1-14(2)11-12-15(3)19(10)13-22(17(4,5)6,18(7,8)9)21-16(19)20/h11-12,14-15H,13H2,1-10H3/b12-11+/t15-,19+/m1/s1. The van der Waals surface area contributed by atoms with Gasteiger partial charge in [-0.2, -0.15) is 0 Å². The molecular formula is C19H36O2Si. The third-order valence-electron chi connectivity index (χ3n) is 5.56. The molecule has 0 amide bonds. The Morgan fingerprint density at radius 3 is 1.82 bits per heavy atom. The van der Waals surface area contributed by atoms with Crippen LogP contribution < -0.4 is 0 Å². The summed E-state index contributed by atoms with van der Waals surface area (Å²) in [6.07, 6.45) is 4.42. The van der Waals surface area contributed by atoms with Crippen LogP contribution in [-0.4, -0.2) is 14.3 Å². The Labute approximate surface area is 138 Å². The zero-order valence-corrected chi connectivity index (χ0v) is 17.3. The first-order valence-electron chi connectivity index (χ1n) is 8.59. The van der Waals surface area contributed by atoms with Crippen molar-refractivity contribution in [2.45, 2.75) is 85.4 Å². The summed E-state index contributed by atoms with van der Waals surface area (Å²) in [6.45, 7) is 22.1. The van der Waals surface area contributed by atoms with Crippen LogP contribution in [0, 0.1) is 17.3 Å². The molecule has 0 aromatic carbocycles. The van der Waals surface area contributed by atoms with E-state index in [9.17, 15) is 4.79 Å². The van der Waals surface area contributed by atoms with Crippen molar-refractivity contribution in [3.8, 4) is 0 Å². The first kappa shape index (κ1) is 19.5. The first-order valence-corrected chi connectivity index (χ1v) is 10.7. The molecule has 2 atom stereocenters. The summed E-state index contributed by atoms with van der Waals surface area (Å²) < 4.78 is 6.29. The summed E-state index contributed by atoms with van der Waals surface area (Å²) in [6, 6.07) is 0.912. The van der Waals surface area contributed by atoms with Crippen LogP contribution in [0.2, 0.25) is 16.1 Å². The van der Waals surface area contributed by atoms with Gasteiger partial charge in [-0.1, -0.05) is 74.5 Å². The topological polar surface area (TPSA) is 26.3 Å². The molecule has 0 radical (unpaired) electrons. The summed E-state index contributed by atoms with van der Waals surface area (Å²) in [5.74, 6) is 0.738.